The molecule has 0 atom stereocenters. The zero-order chi connectivity index (χ0) is 16.8. The highest BCUT2D eigenvalue weighted by atomic mass is 32.2. The topological polar surface area (TPSA) is 60.8 Å². The second-order valence-electron chi connectivity index (χ2n) is 4.68. The number of thiazole rings is 1. The van der Waals surface area contributed by atoms with Gasteiger partial charge in [0.2, 0.25) is 0 Å². The van der Waals surface area contributed by atoms with Crippen LogP contribution in [0.3, 0.4) is 0 Å². The van der Waals surface area contributed by atoms with E-state index in [-0.39, 0.29) is 0 Å². The molecular formula is C17H14N2O3S2. The molecule has 0 amide bonds. The summed E-state index contributed by atoms with van der Waals surface area (Å²) in [6, 6.07) is 15.5. The van der Waals surface area contributed by atoms with Gasteiger partial charge in [-0.15, -0.1) is 11.3 Å². The first-order valence-corrected chi connectivity index (χ1v) is 8.91. The van der Waals surface area contributed by atoms with Crippen LogP contribution in [0, 0.1) is 0 Å². The van der Waals surface area contributed by atoms with Crippen LogP contribution in [0.4, 0.5) is 0 Å². The summed E-state index contributed by atoms with van der Waals surface area (Å²) in [5, 5.41) is 3.40. The highest BCUT2D eigenvalue weighted by molar-refractivity contribution is 8.00. The third kappa shape index (κ3) is 4.12. The van der Waals surface area contributed by atoms with E-state index in [1.165, 1.54) is 7.11 Å². The molecule has 0 aliphatic rings. The Balaban J connectivity index is 1.70. The molecule has 122 valence electrons. The fraction of sp³-hybridized carbons (Fsp3) is 0.118. The van der Waals surface area contributed by atoms with Gasteiger partial charge in [0.15, 0.2) is 10.6 Å². The molecule has 24 heavy (non-hydrogen) atoms. The molecule has 1 aromatic heterocycles. The number of benzene rings is 2. The predicted octanol–water partition coefficient (Wildman–Crippen LogP) is 4.13. The highest BCUT2D eigenvalue weighted by Crippen LogP contribution is 2.33. The van der Waals surface area contributed by atoms with E-state index in [0.717, 1.165) is 26.3 Å². The second-order valence-corrected chi connectivity index (χ2v) is 6.94. The average molecular weight is 358 g/mol. The van der Waals surface area contributed by atoms with Gasteiger partial charge in [0, 0.05) is 11.3 Å². The van der Waals surface area contributed by atoms with Crippen LogP contribution in [0.25, 0.3) is 10.2 Å². The predicted molar refractivity (Wildman–Crippen MR) is 96.8 cm³/mol. The Labute approximate surface area is 147 Å². The molecule has 3 aromatic rings. The minimum absolute atomic E-state index is 0.513. The maximum absolute atomic E-state index is 11.6. The molecule has 0 saturated carbocycles. The lowest BCUT2D eigenvalue weighted by Gasteiger charge is -2.07. The SMILES string of the molecule is CON=CC(=O)Oc1ccccc1CSc1nc2ccccc2s1. The number of hydrogen-bond acceptors (Lipinski definition) is 7. The Morgan fingerprint density at radius 1 is 1.25 bits per heavy atom. The quantitative estimate of drug-likeness (QED) is 0.218. The van der Waals surface area contributed by atoms with Crippen molar-refractivity contribution in [2.75, 3.05) is 7.11 Å². The number of esters is 1. The highest BCUT2D eigenvalue weighted by Gasteiger charge is 2.10. The molecule has 7 heteroatoms. The number of para-hydroxylation sites is 2. The summed E-state index contributed by atoms with van der Waals surface area (Å²) in [7, 11) is 1.37. The van der Waals surface area contributed by atoms with Crippen LogP contribution < -0.4 is 4.74 Å². The molecule has 0 aliphatic carbocycles. The fourth-order valence-electron chi connectivity index (χ4n) is 2.01. The van der Waals surface area contributed by atoms with Gasteiger partial charge in [-0.1, -0.05) is 47.2 Å². The normalized spacial score (nSPS) is 11.0. The van der Waals surface area contributed by atoms with Crippen molar-refractivity contribution < 1.29 is 14.4 Å². The lowest BCUT2D eigenvalue weighted by molar-refractivity contribution is -0.126. The number of rotatable bonds is 6. The second kappa shape index (κ2) is 7.94. The molecule has 0 aliphatic heterocycles. The Kier molecular flexibility index (Phi) is 5.45. The van der Waals surface area contributed by atoms with Crippen LogP contribution in [-0.2, 0) is 15.4 Å². The van der Waals surface area contributed by atoms with Crippen molar-refractivity contribution in [2.45, 2.75) is 10.1 Å². The van der Waals surface area contributed by atoms with E-state index in [4.69, 9.17) is 4.74 Å². The summed E-state index contributed by atoms with van der Waals surface area (Å²) >= 11 is 3.27. The molecule has 0 bridgehead atoms. The summed E-state index contributed by atoms with van der Waals surface area (Å²) < 4.78 is 7.44. The van der Waals surface area contributed by atoms with Gasteiger partial charge in [0.1, 0.15) is 12.9 Å². The zero-order valence-electron chi connectivity index (χ0n) is 12.8. The molecule has 1 heterocycles. The minimum Gasteiger partial charge on any atom is -0.422 e. The summed E-state index contributed by atoms with van der Waals surface area (Å²) in [5.74, 6) is 0.595. The van der Waals surface area contributed by atoms with E-state index < -0.39 is 5.97 Å². The molecule has 2 aromatic carbocycles. The first kappa shape index (κ1) is 16.5. The first-order chi connectivity index (χ1) is 11.8. The van der Waals surface area contributed by atoms with Crippen molar-refractivity contribution in [3.63, 3.8) is 0 Å². The Hall–Kier alpha value is -2.38. The lowest BCUT2D eigenvalue weighted by atomic mass is 10.2. The van der Waals surface area contributed by atoms with Crippen LogP contribution in [0.1, 0.15) is 5.56 Å². The lowest BCUT2D eigenvalue weighted by Crippen LogP contribution is -2.10. The monoisotopic (exact) mass is 358 g/mol. The maximum Gasteiger partial charge on any atom is 0.358 e. The van der Waals surface area contributed by atoms with Crippen molar-refractivity contribution in [2.24, 2.45) is 5.16 Å². The number of carbonyl (C=O) groups is 1. The molecular weight excluding hydrogens is 344 g/mol. The Morgan fingerprint density at radius 3 is 2.88 bits per heavy atom. The van der Waals surface area contributed by atoms with Gasteiger partial charge in [0.25, 0.3) is 0 Å². The van der Waals surface area contributed by atoms with Gasteiger partial charge < -0.3 is 9.57 Å². The van der Waals surface area contributed by atoms with E-state index in [1.807, 2.05) is 36.4 Å². The minimum atomic E-state index is -0.575. The zero-order valence-corrected chi connectivity index (χ0v) is 14.5. The first-order valence-electron chi connectivity index (χ1n) is 7.11. The summed E-state index contributed by atoms with van der Waals surface area (Å²) in [4.78, 5) is 20.7. The number of hydrogen-bond donors (Lipinski definition) is 0. The third-order valence-electron chi connectivity index (χ3n) is 3.07. The van der Waals surface area contributed by atoms with E-state index in [2.05, 4.69) is 21.0 Å². The molecule has 0 fully saturated rings. The molecule has 0 unspecified atom stereocenters. The third-order valence-corrected chi connectivity index (χ3v) is 5.30. The Bertz CT molecular complexity index is 844. The molecule has 0 radical (unpaired) electrons. The number of oxime groups is 1. The summed E-state index contributed by atoms with van der Waals surface area (Å²) in [5.41, 5.74) is 1.92. The number of aromatic nitrogens is 1. The van der Waals surface area contributed by atoms with Gasteiger partial charge in [0.05, 0.1) is 10.2 Å². The molecule has 3 rings (SSSR count). The molecule has 0 saturated heterocycles. The van der Waals surface area contributed by atoms with E-state index in [9.17, 15) is 4.79 Å². The molecule has 0 spiro atoms. The number of carbonyl (C=O) groups excluding carboxylic acids is 1. The molecule has 5 nitrogen and oxygen atoms in total. The van der Waals surface area contributed by atoms with Gasteiger partial charge in [-0.3, -0.25) is 0 Å². The number of fused-ring (bicyclic) bond motifs is 1. The van der Waals surface area contributed by atoms with Crippen LogP contribution >= 0.6 is 23.1 Å². The van der Waals surface area contributed by atoms with E-state index in [0.29, 0.717) is 11.5 Å². The van der Waals surface area contributed by atoms with Gasteiger partial charge in [-0.05, 0) is 18.2 Å². The maximum atomic E-state index is 11.6. The smallest absolute Gasteiger partial charge is 0.358 e. The van der Waals surface area contributed by atoms with Gasteiger partial charge in [-0.25, -0.2) is 9.78 Å². The van der Waals surface area contributed by atoms with Gasteiger partial charge >= 0.3 is 5.97 Å². The van der Waals surface area contributed by atoms with Gasteiger partial charge in [-0.2, -0.15) is 0 Å². The summed E-state index contributed by atoms with van der Waals surface area (Å²) in [6.07, 6.45) is 0.997. The number of ether oxygens (including phenoxy) is 1. The standard InChI is InChI=1S/C17H14N2O3S2/c1-21-18-10-16(20)22-14-8-4-2-6-12(14)11-23-17-19-13-7-3-5-9-15(13)24-17/h2-10H,11H2,1H3. The fourth-order valence-corrected chi connectivity index (χ4v) is 4.06. The van der Waals surface area contributed by atoms with E-state index >= 15 is 0 Å². The largest absolute Gasteiger partial charge is 0.422 e. The van der Waals surface area contributed by atoms with Crippen LogP contribution in [0.2, 0.25) is 0 Å². The number of nitrogens with zero attached hydrogens (tertiary/aromatic N) is 2. The molecule has 0 N–H and O–H groups in total. The Morgan fingerprint density at radius 2 is 2.04 bits per heavy atom. The van der Waals surface area contributed by atoms with E-state index in [1.54, 1.807) is 29.2 Å². The van der Waals surface area contributed by atoms with Crippen molar-refractivity contribution in [3.8, 4) is 5.75 Å². The van der Waals surface area contributed by atoms with Crippen molar-refractivity contribution in [1.29, 1.82) is 0 Å². The van der Waals surface area contributed by atoms with Crippen LogP contribution in [0.15, 0.2) is 58.0 Å². The van der Waals surface area contributed by atoms with Crippen LogP contribution in [-0.4, -0.2) is 24.3 Å². The van der Waals surface area contributed by atoms with Crippen molar-refractivity contribution >= 4 is 45.5 Å². The number of thioether (sulfide) groups is 1. The van der Waals surface area contributed by atoms with Crippen molar-refractivity contribution in [3.05, 3.63) is 54.1 Å². The van der Waals surface area contributed by atoms with Crippen molar-refractivity contribution in [1.82, 2.24) is 4.98 Å². The average Bonchev–Trinajstić information content (AvgIpc) is 3.02. The van der Waals surface area contributed by atoms with Crippen LogP contribution in [0.5, 0.6) is 5.75 Å². The summed E-state index contributed by atoms with van der Waals surface area (Å²) in [6.45, 7) is 0.